The lowest BCUT2D eigenvalue weighted by Crippen LogP contribution is -2.16. The fraction of sp³-hybridized carbons (Fsp3) is 0.0667. The van der Waals surface area contributed by atoms with E-state index in [-0.39, 0.29) is 4.90 Å². The van der Waals surface area contributed by atoms with Crippen LogP contribution in [-0.2, 0) is 10.0 Å². The topological polar surface area (TPSA) is 71.2 Å². The lowest BCUT2D eigenvalue weighted by Gasteiger charge is -2.14. The minimum Gasteiger partial charge on any atom is -0.432 e. The Labute approximate surface area is 139 Å². The van der Waals surface area contributed by atoms with Crippen LogP contribution in [0.1, 0.15) is 0 Å². The molecule has 0 unspecified atom stereocenters. The van der Waals surface area contributed by atoms with Crippen molar-refractivity contribution in [2.24, 2.45) is 0 Å². The van der Waals surface area contributed by atoms with Gasteiger partial charge in [0.2, 0.25) is 0 Å². The van der Waals surface area contributed by atoms with E-state index in [0.29, 0.717) is 23.0 Å². The van der Waals surface area contributed by atoms with Crippen LogP contribution in [-0.4, -0.2) is 20.0 Å². The van der Waals surface area contributed by atoms with Crippen molar-refractivity contribution in [3.63, 3.8) is 0 Å². The highest BCUT2D eigenvalue weighted by atomic mass is 32.2. The van der Waals surface area contributed by atoms with Gasteiger partial charge < -0.3 is 9.72 Å². The molecule has 10 heteroatoms. The number of nitrogens with one attached hydrogen (secondary N) is 2. The summed E-state index contributed by atoms with van der Waals surface area (Å²) in [4.78, 5) is 2.50. The fourth-order valence-corrected chi connectivity index (χ4v) is 3.55. The lowest BCUT2D eigenvalue weighted by molar-refractivity contribution is -0.0496. The third-order valence-electron chi connectivity index (χ3n) is 3.31. The molecule has 1 aromatic heterocycles. The molecule has 0 saturated heterocycles. The average molecular weight is 374 g/mol. The first-order chi connectivity index (χ1) is 11.8. The van der Waals surface area contributed by atoms with Gasteiger partial charge in [0.15, 0.2) is 11.6 Å². The van der Waals surface area contributed by atoms with Crippen LogP contribution in [0.3, 0.4) is 0 Å². The Hall–Kier alpha value is -2.75. The molecule has 5 nitrogen and oxygen atoms in total. The van der Waals surface area contributed by atoms with Crippen LogP contribution in [0.2, 0.25) is 0 Å². The predicted molar refractivity (Wildman–Crippen MR) is 82.1 cm³/mol. The number of fused-ring (bicyclic) bond motifs is 1. The molecule has 3 rings (SSSR count). The molecule has 0 bridgehead atoms. The molecule has 0 radical (unpaired) electrons. The van der Waals surface area contributed by atoms with Gasteiger partial charge in [-0.2, -0.15) is 8.78 Å². The van der Waals surface area contributed by atoms with E-state index in [0.717, 1.165) is 0 Å². The first-order valence-corrected chi connectivity index (χ1v) is 8.29. The smallest absolute Gasteiger partial charge is 0.387 e. The molecular weight excluding hydrogens is 364 g/mol. The Kier molecular flexibility index (Phi) is 4.29. The Balaban J connectivity index is 2.07. The minimum absolute atomic E-state index is 0.227. The summed E-state index contributed by atoms with van der Waals surface area (Å²) in [6.45, 7) is -3.39. The van der Waals surface area contributed by atoms with E-state index in [4.69, 9.17) is 0 Å². The molecular formula is C15H10F4N2O3S. The molecule has 25 heavy (non-hydrogen) atoms. The summed E-state index contributed by atoms with van der Waals surface area (Å²) in [6, 6.07) is 7.22. The number of halogens is 4. The molecule has 0 saturated carbocycles. The van der Waals surface area contributed by atoms with Gasteiger partial charge in [-0.3, -0.25) is 4.72 Å². The molecule has 0 amide bonds. The van der Waals surface area contributed by atoms with Crippen LogP contribution in [0, 0.1) is 11.6 Å². The standard InChI is InChI=1S/C15H10F4N2O3S/c16-8-5-10(17)14(12(6-8)24-15(18)19)21-25(22,23)13-7-20-11-4-2-1-3-9(11)13/h1-7,15,20-21H. The summed E-state index contributed by atoms with van der Waals surface area (Å²) in [5.74, 6) is -3.54. The van der Waals surface area contributed by atoms with Crippen molar-refractivity contribution in [1.82, 2.24) is 4.98 Å². The van der Waals surface area contributed by atoms with E-state index in [1.165, 1.54) is 12.3 Å². The van der Waals surface area contributed by atoms with Crippen LogP contribution < -0.4 is 9.46 Å². The van der Waals surface area contributed by atoms with Crippen LogP contribution >= 0.6 is 0 Å². The zero-order valence-corrected chi connectivity index (χ0v) is 13.1. The Morgan fingerprint density at radius 3 is 2.56 bits per heavy atom. The largest absolute Gasteiger partial charge is 0.432 e. The van der Waals surface area contributed by atoms with E-state index in [1.54, 1.807) is 18.2 Å². The van der Waals surface area contributed by atoms with Crippen molar-refractivity contribution in [2.45, 2.75) is 11.5 Å². The number of sulfonamides is 1. The maximum Gasteiger partial charge on any atom is 0.387 e. The molecule has 0 fully saturated rings. The summed E-state index contributed by atoms with van der Waals surface area (Å²) in [7, 11) is -4.36. The Morgan fingerprint density at radius 2 is 1.84 bits per heavy atom. The molecule has 0 aliphatic carbocycles. The molecule has 132 valence electrons. The van der Waals surface area contributed by atoms with Gasteiger partial charge in [0.1, 0.15) is 16.4 Å². The Bertz CT molecular complexity index is 1030. The van der Waals surface area contributed by atoms with Gasteiger partial charge in [-0.05, 0) is 6.07 Å². The molecule has 2 aromatic carbocycles. The normalized spacial score (nSPS) is 11.9. The third kappa shape index (κ3) is 3.38. The number of alkyl halides is 2. The quantitative estimate of drug-likeness (QED) is 0.667. The van der Waals surface area contributed by atoms with Crippen LogP contribution in [0.15, 0.2) is 47.5 Å². The van der Waals surface area contributed by atoms with E-state index in [9.17, 15) is 26.0 Å². The second-order valence-electron chi connectivity index (χ2n) is 4.94. The van der Waals surface area contributed by atoms with E-state index in [1.807, 2.05) is 4.72 Å². The number of ether oxygens (including phenoxy) is 1. The molecule has 0 aliphatic rings. The molecule has 2 N–H and O–H groups in total. The number of benzene rings is 2. The molecule has 0 atom stereocenters. The summed E-state index contributed by atoms with van der Waals surface area (Å²) in [6.07, 6.45) is 1.17. The minimum atomic E-state index is -4.36. The van der Waals surface area contributed by atoms with Crippen LogP contribution in [0.5, 0.6) is 5.75 Å². The number of aromatic nitrogens is 1. The highest BCUT2D eigenvalue weighted by Crippen LogP contribution is 2.33. The van der Waals surface area contributed by atoms with Crippen molar-refractivity contribution in [2.75, 3.05) is 4.72 Å². The predicted octanol–water partition coefficient (Wildman–Crippen LogP) is 3.85. The number of hydrogen-bond donors (Lipinski definition) is 2. The van der Waals surface area contributed by atoms with Gasteiger partial charge in [0, 0.05) is 29.2 Å². The van der Waals surface area contributed by atoms with E-state index >= 15 is 0 Å². The maximum absolute atomic E-state index is 13.9. The van der Waals surface area contributed by atoms with Crippen molar-refractivity contribution >= 4 is 26.6 Å². The molecule has 0 spiro atoms. The van der Waals surface area contributed by atoms with Crippen molar-refractivity contribution < 1.29 is 30.7 Å². The monoisotopic (exact) mass is 374 g/mol. The second-order valence-corrected chi connectivity index (χ2v) is 6.59. The number of H-pyrrole nitrogens is 1. The van der Waals surface area contributed by atoms with Gasteiger partial charge in [-0.15, -0.1) is 0 Å². The molecule has 1 heterocycles. The average Bonchev–Trinajstić information content (AvgIpc) is 2.95. The molecule has 0 aliphatic heterocycles. The fourth-order valence-electron chi connectivity index (χ4n) is 2.29. The van der Waals surface area contributed by atoms with Gasteiger partial charge in [0.05, 0.1) is 0 Å². The zero-order valence-electron chi connectivity index (χ0n) is 12.3. The van der Waals surface area contributed by atoms with Gasteiger partial charge in [0.25, 0.3) is 10.0 Å². The van der Waals surface area contributed by atoms with E-state index in [2.05, 4.69) is 9.72 Å². The highest BCUT2D eigenvalue weighted by Gasteiger charge is 2.24. The lowest BCUT2D eigenvalue weighted by atomic mass is 10.2. The Morgan fingerprint density at radius 1 is 1.12 bits per heavy atom. The van der Waals surface area contributed by atoms with E-state index < -0.39 is 39.7 Å². The first kappa shape index (κ1) is 17.1. The van der Waals surface area contributed by atoms with Crippen molar-refractivity contribution in [3.05, 3.63) is 54.2 Å². The summed E-state index contributed by atoms with van der Waals surface area (Å²) < 4.78 is 82.9. The van der Waals surface area contributed by atoms with Gasteiger partial charge in [-0.1, -0.05) is 18.2 Å². The SMILES string of the molecule is O=S(=O)(Nc1c(F)cc(F)cc1OC(F)F)c1c[nH]c2ccccc12. The summed E-state index contributed by atoms with van der Waals surface area (Å²) in [5.41, 5.74) is -0.404. The number of hydrogen-bond acceptors (Lipinski definition) is 3. The number of aromatic amines is 1. The van der Waals surface area contributed by atoms with Crippen molar-refractivity contribution in [1.29, 1.82) is 0 Å². The third-order valence-corrected chi connectivity index (χ3v) is 4.70. The first-order valence-electron chi connectivity index (χ1n) is 6.81. The summed E-state index contributed by atoms with van der Waals surface area (Å²) >= 11 is 0. The van der Waals surface area contributed by atoms with Crippen LogP contribution in [0.4, 0.5) is 23.2 Å². The molecule has 3 aromatic rings. The number of rotatable bonds is 5. The zero-order chi connectivity index (χ0) is 18.2. The van der Waals surface area contributed by atoms with Crippen LogP contribution in [0.25, 0.3) is 10.9 Å². The van der Waals surface area contributed by atoms with Gasteiger partial charge in [-0.25, -0.2) is 17.2 Å². The second kappa shape index (κ2) is 6.28. The number of anilines is 1. The summed E-state index contributed by atoms with van der Waals surface area (Å²) in [5, 5.41) is 0.314. The van der Waals surface area contributed by atoms with Gasteiger partial charge >= 0.3 is 6.61 Å². The maximum atomic E-state index is 13.9. The number of para-hydroxylation sites is 1. The highest BCUT2D eigenvalue weighted by molar-refractivity contribution is 7.93. The van der Waals surface area contributed by atoms with Crippen molar-refractivity contribution in [3.8, 4) is 5.75 Å².